The largest absolute Gasteiger partial charge is 0.454 e. The Labute approximate surface area is 189 Å². The molecule has 164 valence electrons. The Balaban J connectivity index is 1.24. The number of rotatable bonds is 4. The molecule has 2 aliphatic rings. The smallest absolute Gasteiger partial charge is 0.259 e. The summed E-state index contributed by atoms with van der Waals surface area (Å²) in [6.45, 7) is 4.37. The van der Waals surface area contributed by atoms with E-state index in [0.29, 0.717) is 34.9 Å². The van der Waals surface area contributed by atoms with E-state index in [4.69, 9.17) is 4.74 Å². The topological polar surface area (TPSA) is 86.8 Å². The number of hydrogen-bond acceptors (Lipinski definition) is 7. The van der Waals surface area contributed by atoms with Crippen molar-refractivity contribution in [3.05, 3.63) is 64.7 Å². The van der Waals surface area contributed by atoms with Crippen molar-refractivity contribution in [3.8, 4) is 11.5 Å². The molecule has 0 unspecified atom stereocenters. The van der Waals surface area contributed by atoms with E-state index in [1.54, 1.807) is 47.7 Å². The minimum Gasteiger partial charge on any atom is -0.454 e. The first kappa shape index (κ1) is 20.5. The molecule has 0 atom stereocenters. The van der Waals surface area contributed by atoms with E-state index >= 15 is 0 Å². The number of fused-ring (bicyclic) bond motifs is 2. The molecule has 2 aromatic carbocycles. The number of thiazole rings is 1. The normalized spacial score (nSPS) is 15.8. The van der Waals surface area contributed by atoms with Crippen LogP contribution in [0.2, 0.25) is 0 Å². The summed E-state index contributed by atoms with van der Waals surface area (Å²) >= 11 is 1.60. The van der Waals surface area contributed by atoms with Crippen molar-refractivity contribution >= 4 is 34.0 Å². The van der Waals surface area contributed by atoms with Crippen LogP contribution in [-0.2, 0) is 6.54 Å². The number of anilines is 2. The number of para-hydroxylation sites is 1. The van der Waals surface area contributed by atoms with Gasteiger partial charge in [-0.05, 0) is 37.4 Å². The van der Waals surface area contributed by atoms with E-state index < -0.39 is 0 Å². The number of piperazine rings is 1. The zero-order chi connectivity index (χ0) is 22.1. The highest BCUT2D eigenvalue weighted by atomic mass is 32.1. The van der Waals surface area contributed by atoms with Crippen LogP contribution in [0.5, 0.6) is 11.5 Å². The SMILES string of the molecule is CN1CCN(c2ncc(CNC(=O)c3ccc4c(c3)NC(=O)c3ccccc3O4)s2)CC1. The quantitative estimate of drug-likeness (QED) is 0.636. The molecule has 0 radical (unpaired) electrons. The van der Waals surface area contributed by atoms with Crippen LogP contribution in [0, 0.1) is 0 Å². The Morgan fingerprint density at radius 2 is 1.97 bits per heavy atom. The Kier molecular flexibility index (Phi) is 5.50. The summed E-state index contributed by atoms with van der Waals surface area (Å²) < 4.78 is 5.87. The molecule has 1 aromatic heterocycles. The maximum Gasteiger partial charge on any atom is 0.259 e. The second kappa shape index (κ2) is 8.60. The van der Waals surface area contributed by atoms with Crippen molar-refractivity contribution in [1.82, 2.24) is 15.2 Å². The van der Waals surface area contributed by atoms with Gasteiger partial charge in [0.2, 0.25) is 0 Å². The molecule has 2 amide bonds. The fourth-order valence-corrected chi connectivity index (χ4v) is 4.60. The molecule has 8 nitrogen and oxygen atoms in total. The predicted octanol–water partition coefficient (Wildman–Crippen LogP) is 3.18. The maximum absolute atomic E-state index is 12.7. The fraction of sp³-hybridized carbons (Fsp3) is 0.261. The Morgan fingerprint density at radius 1 is 1.16 bits per heavy atom. The predicted molar refractivity (Wildman–Crippen MR) is 124 cm³/mol. The van der Waals surface area contributed by atoms with Gasteiger partial charge < -0.3 is 25.2 Å². The second-order valence-electron chi connectivity index (χ2n) is 7.85. The van der Waals surface area contributed by atoms with Gasteiger partial charge in [0.15, 0.2) is 10.9 Å². The molecule has 9 heteroatoms. The minimum absolute atomic E-state index is 0.224. The first-order valence-corrected chi connectivity index (χ1v) is 11.3. The van der Waals surface area contributed by atoms with E-state index in [0.717, 1.165) is 36.2 Å². The van der Waals surface area contributed by atoms with Crippen LogP contribution in [0.15, 0.2) is 48.7 Å². The average molecular weight is 450 g/mol. The molecule has 3 heterocycles. The molecule has 1 fully saturated rings. The van der Waals surface area contributed by atoms with E-state index in [2.05, 4.69) is 32.5 Å². The molecule has 0 bridgehead atoms. The van der Waals surface area contributed by atoms with Gasteiger partial charge >= 0.3 is 0 Å². The van der Waals surface area contributed by atoms with Gasteiger partial charge in [0.1, 0.15) is 5.75 Å². The highest BCUT2D eigenvalue weighted by Crippen LogP contribution is 2.36. The van der Waals surface area contributed by atoms with E-state index in [1.165, 1.54) is 0 Å². The number of carbonyl (C=O) groups excluding carboxylic acids is 2. The molecule has 0 spiro atoms. The van der Waals surface area contributed by atoms with E-state index in [9.17, 15) is 9.59 Å². The summed E-state index contributed by atoms with van der Waals surface area (Å²) in [7, 11) is 2.12. The number of aromatic nitrogens is 1. The van der Waals surface area contributed by atoms with Crippen molar-refractivity contribution in [2.45, 2.75) is 6.54 Å². The van der Waals surface area contributed by atoms with Crippen LogP contribution in [0.4, 0.5) is 10.8 Å². The van der Waals surface area contributed by atoms with Gasteiger partial charge in [-0.15, -0.1) is 11.3 Å². The molecule has 0 saturated carbocycles. The standard InChI is InChI=1S/C23H23N5O3S/c1-27-8-10-28(11-9-27)23-25-14-16(32-23)13-24-21(29)15-6-7-20-18(12-15)26-22(30)17-4-2-3-5-19(17)31-20/h2-7,12,14H,8-11,13H2,1H3,(H,24,29)(H,26,30). The van der Waals surface area contributed by atoms with Gasteiger partial charge in [-0.3, -0.25) is 9.59 Å². The van der Waals surface area contributed by atoms with Crippen LogP contribution >= 0.6 is 11.3 Å². The van der Waals surface area contributed by atoms with Crippen LogP contribution in [0.25, 0.3) is 0 Å². The fourth-order valence-electron chi connectivity index (χ4n) is 3.70. The number of benzene rings is 2. The minimum atomic E-state index is -0.266. The monoisotopic (exact) mass is 449 g/mol. The average Bonchev–Trinajstić information content (AvgIpc) is 3.23. The van der Waals surface area contributed by atoms with Crippen molar-refractivity contribution in [2.24, 2.45) is 0 Å². The number of nitrogens with one attached hydrogen (secondary N) is 2. The molecule has 2 aliphatic heterocycles. The van der Waals surface area contributed by atoms with Crippen molar-refractivity contribution in [1.29, 1.82) is 0 Å². The number of carbonyl (C=O) groups is 2. The third-order valence-electron chi connectivity index (χ3n) is 5.58. The highest BCUT2D eigenvalue weighted by molar-refractivity contribution is 7.15. The van der Waals surface area contributed by atoms with Gasteiger partial charge in [-0.2, -0.15) is 0 Å². The zero-order valence-electron chi connectivity index (χ0n) is 17.6. The number of ether oxygens (including phenoxy) is 1. The van der Waals surface area contributed by atoms with Gasteiger partial charge in [-0.25, -0.2) is 4.98 Å². The molecule has 0 aliphatic carbocycles. The van der Waals surface area contributed by atoms with E-state index in [-0.39, 0.29) is 11.8 Å². The zero-order valence-corrected chi connectivity index (χ0v) is 18.4. The summed E-state index contributed by atoms with van der Waals surface area (Å²) in [5.41, 5.74) is 1.37. The lowest BCUT2D eigenvalue weighted by atomic mass is 10.1. The molecular weight excluding hydrogens is 426 g/mol. The molecule has 5 rings (SSSR count). The molecule has 1 saturated heterocycles. The van der Waals surface area contributed by atoms with Gasteiger partial charge in [0.05, 0.1) is 17.8 Å². The lowest BCUT2D eigenvalue weighted by Gasteiger charge is -2.32. The third-order valence-corrected chi connectivity index (χ3v) is 6.64. The lowest BCUT2D eigenvalue weighted by molar-refractivity contribution is 0.0950. The molecular formula is C23H23N5O3S. The second-order valence-corrected chi connectivity index (χ2v) is 8.94. The van der Waals surface area contributed by atoms with Gasteiger partial charge in [0.25, 0.3) is 11.8 Å². The number of amides is 2. The van der Waals surface area contributed by atoms with Crippen LogP contribution in [0.3, 0.4) is 0 Å². The summed E-state index contributed by atoms with van der Waals surface area (Å²) in [4.78, 5) is 35.3. The number of nitrogens with zero attached hydrogens (tertiary/aromatic N) is 3. The van der Waals surface area contributed by atoms with E-state index in [1.807, 2.05) is 12.3 Å². The van der Waals surface area contributed by atoms with Crippen LogP contribution in [-0.4, -0.2) is 54.9 Å². The Bertz CT molecular complexity index is 1170. The van der Waals surface area contributed by atoms with Crippen LogP contribution < -0.4 is 20.3 Å². The van der Waals surface area contributed by atoms with Crippen molar-refractivity contribution in [2.75, 3.05) is 43.4 Å². The summed E-state index contributed by atoms with van der Waals surface area (Å²) in [5.74, 6) is 0.498. The summed E-state index contributed by atoms with van der Waals surface area (Å²) in [6, 6.07) is 12.1. The summed E-state index contributed by atoms with van der Waals surface area (Å²) in [5, 5.41) is 6.76. The lowest BCUT2D eigenvalue weighted by Crippen LogP contribution is -2.44. The Hall–Kier alpha value is -3.43. The first-order valence-electron chi connectivity index (χ1n) is 10.5. The third kappa shape index (κ3) is 4.17. The molecule has 3 aromatic rings. The number of hydrogen-bond donors (Lipinski definition) is 2. The maximum atomic E-state index is 12.7. The van der Waals surface area contributed by atoms with Gasteiger partial charge in [0, 0.05) is 42.8 Å². The van der Waals surface area contributed by atoms with Crippen LogP contribution in [0.1, 0.15) is 25.6 Å². The molecule has 32 heavy (non-hydrogen) atoms. The molecule has 2 N–H and O–H groups in total. The number of likely N-dealkylation sites (N-methyl/N-ethyl adjacent to an activating group) is 1. The Morgan fingerprint density at radius 3 is 2.81 bits per heavy atom. The highest BCUT2D eigenvalue weighted by Gasteiger charge is 2.22. The van der Waals surface area contributed by atoms with Gasteiger partial charge in [-0.1, -0.05) is 12.1 Å². The summed E-state index contributed by atoms with van der Waals surface area (Å²) in [6.07, 6.45) is 1.82. The van der Waals surface area contributed by atoms with Crippen molar-refractivity contribution in [3.63, 3.8) is 0 Å². The first-order chi connectivity index (χ1) is 15.6. The van der Waals surface area contributed by atoms with Crippen molar-refractivity contribution < 1.29 is 14.3 Å².